The fourth-order valence-corrected chi connectivity index (χ4v) is 1.99. The van der Waals surface area contributed by atoms with Crippen molar-refractivity contribution in [2.75, 3.05) is 5.73 Å². The first-order valence-electron chi connectivity index (χ1n) is 5.79. The number of hydrogen-bond donors (Lipinski definition) is 2. The summed E-state index contributed by atoms with van der Waals surface area (Å²) in [5, 5.41) is 2.34. The lowest BCUT2D eigenvalue weighted by atomic mass is 10.2. The summed E-state index contributed by atoms with van der Waals surface area (Å²) in [4.78, 5) is 35.4. The molecule has 2 aromatic rings. The smallest absolute Gasteiger partial charge is 0.332 e. The number of hydrogen-bond acceptors (Lipinski definition) is 6. The normalized spacial score (nSPS) is 10.4. The molecule has 2 heterocycles. The molecule has 3 N–H and O–H groups in total. The zero-order valence-electron chi connectivity index (χ0n) is 11.2. The van der Waals surface area contributed by atoms with E-state index < -0.39 is 17.2 Å². The molecule has 0 saturated carbocycles. The van der Waals surface area contributed by atoms with E-state index >= 15 is 0 Å². The first-order valence-corrected chi connectivity index (χ1v) is 6.20. The van der Waals surface area contributed by atoms with Crippen LogP contribution in [0.15, 0.2) is 32.4 Å². The topological polar surface area (TPSA) is 112 Å². The van der Waals surface area contributed by atoms with Crippen molar-refractivity contribution in [2.24, 2.45) is 14.1 Å². The van der Waals surface area contributed by atoms with Crippen molar-refractivity contribution < 1.29 is 9.21 Å². The number of carbonyl (C=O) groups is 1. The second-order valence-electron chi connectivity index (χ2n) is 4.23. The summed E-state index contributed by atoms with van der Waals surface area (Å²) in [7, 11) is 2.70. The molecular formula is C12H12N4O4S. The summed E-state index contributed by atoms with van der Waals surface area (Å²) in [5.74, 6) is -0.689. The second-order valence-corrected chi connectivity index (χ2v) is 4.63. The van der Waals surface area contributed by atoms with Crippen molar-refractivity contribution in [3.05, 3.63) is 50.6 Å². The quantitative estimate of drug-likeness (QED) is 0.714. The van der Waals surface area contributed by atoms with Gasteiger partial charge >= 0.3 is 5.69 Å². The first-order chi connectivity index (χ1) is 9.84. The van der Waals surface area contributed by atoms with E-state index in [1.54, 1.807) is 0 Å². The van der Waals surface area contributed by atoms with Gasteiger partial charge in [-0.25, -0.2) is 4.79 Å². The van der Waals surface area contributed by atoms with Gasteiger partial charge in [0.1, 0.15) is 16.4 Å². The molecule has 2 rings (SSSR count). The van der Waals surface area contributed by atoms with Crippen molar-refractivity contribution in [3.8, 4) is 0 Å². The van der Waals surface area contributed by atoms with Gasteiger partial charge < -0.3 is 15.5 Å². The van der Waals surface area contributed by atoms with Crippen molar-refractivity contribution >= 4 is 28.9 Å². The van der Waals surface area contributed by atoms with Crippen LogP contribution in [0.4, 0.5) is 5.82 Å². The molecule has 0 fully saturated rings. The van der Waals surface area contributed by atoms with Gasteiger partial charge in [0.25, 0.3) is 11.5 Å². The average molecular weight is 308 g/mol. The number of aromatic nitrogens is 2. The SMILES string of the molecule is Cn1c(N)c(C(=S)NC(=O)c2ccco2)c(=O)n(C)c1=O. The molecule has 0 radical (unpaired) electrons. The van der Waals surface area contributed by atoms with Gasteiger partial charge in [-0.3, -0.25) is 18.7 Å². The molecule has 0 saturated heterocycles. The van der Waals surface area contributed by atoms with Crippen LogP contribution in [-0.4, -0.2) is 20.0 Å². The predicted octanol–water partition coefficient (Wildman–Crippen LogP) is -0.635. The third-order valence-electron chi connectivity index (χ3n) is 2.91. The number of thiocarbonyl (C=S) groups is 1. The summed E-state index contributed by atoms with van der Waals surface area (Å²) < 4.78 is 6.85. The van der Waals surface area contributed by atoms with Gasteiger partial charge in [0.15, 0.2) is 5.76 Å². The first kappa shape index (κ1) is 14.7. The third kappa shape index (κ3) is 2.50. The van der Waals surface area contributed by atoms with Gasteiger partial charge in [-0.2, -0.15) is 0 Å². The predicted molar refractivity (Wildman–Crippen MR) is 79.2 cm³/mol. The highest BCUT2D eigenvalue weighted by molar-refractivity contribution is 7.80. The molecule has 0 atom stereocenters. The number of anilines is 1. The number of amides is 1. The van der Waals surface area contributed by atoms with Gasteiger partial charge in [-0.15, -0.1) is 0 Å². The summed E-state index contributed by atoms with van der Waals surface area (Å²) in [6.07, 6.45) is 1.33. The molecule has 0 spiro atoms. The standard InChI is InChI=1S/C12H12N4O4S/c1-15-8(13)7(11(18)16(2)12(15)19)10(21)14-9(17)6-4-3-5-20-6/h3-5H,13H2,1-2H3,(H,14,17,21). The molecule has 8 nitrogen and oxygen atoms in total. The Morgan fingerprint density at radius 2 is 2.00 bits per heavy atom. The number of furan rings is 1. The number of nitrogen functional groups attached to an aromatic ring is 1. The van der Waals surface area contributed by atoms with Crippen LogP contribution in [-0.2, 0) is 14.1 Å². The summed E-state index contributed by atoms with van der Waals surface area (Å²) in [6.45, 7) is 0. The fourth-order valence-electron chi connectivity index (χ4n) is 1.71. The molecule has 0 aliphatic rings. The Kier molecular flexibility index (Phi) is 3.76. The Bertz CT molecular complexity index is 832. The summed E-state index contributed by atoms with van der Waals surface area (Å²) in [6, 6.07) is 2.98. The van der Waals surface area contributed by atoms with Crippen molar-refractivity contribution in [1.29, 1.82) is 0 Å². The molecule has 0 unspecified atom stereocenters. The van der Waals surface area contributed by atoms with Crippen LogP contribution in [0.5, 0.6) is 0 Å². The number of carbonyl (C=O) groups excluding carboxylic acids is 1. The molecule has 0 aliphatic heterocycles. The Balaban J connectivity index is 2.43. The van der Waals surface area contributed by atoms with Crippen LogP contribution in [0.3, 0.4) is 0 Å². The van der Waals surface area contributed by atoms with E-state index in [2.05, 4.69) is 5.32 Å². The Labute approximate surface area is 123 Å². The molecule has 21 heavy (non-hydrogen) atoms. The molecule has 0 aromatic carbocycles. The van der Waals surface area contributed by atoms with Crippen LogP contribution < -0.4 is 22.3 Å². The molecule has 110 valence electrons. The van der Waals surface area contributed by atoms with Crippen molar-refractivity contribution in [1.82, 2.24) is 14.5 Å². The summed E-state index contributed by atoms with van der Waals surface area (Å²) in [5.41, 5.74) is 4.36. The van der Waals surface area contributed by atoms with Gasteiger partial charge in [-0.05, 0) is 12.1 Å². The van der Waals surface area contributed by atoms with Gasteiger partial charge in [0.05, 0.1) is 6.26 Å². The number of nitrogens with zero attached hydrogens (tertiary/aromatic N) is 2. The second kappa shape index (κ2) is 5.37. The highest BCUT2D eigenvalue weighted by atomic mass is 32.1. The molecular weight excluding hydrogens is 296 g/mol. The van der Waals surface area contributed by atoms with Crippen LogP contribution in [0.2, 0.25) is 0 Å². The molecule has 0 aliphatic carbocycles. The molecule has 0 bridgehead atoms. The van der Waals surface area contributed by atoms with Gasteiger partial charge in [0, 0.05) is 14.1 Å². The molecule has 9 heteroatoms. The van der Waals surface area contributed by atoms with E-state index in [0.29, 0.717) is 0 Å². The van der Waals surface area contributed by atoms with Crippen LogP contribution >= 0.6 is 12.2 Å². The van der Waals surface area contributed by atoms with E-state index in [1.165, 1.54) is 32.5 Å². The number of nitrogens with one attached hydrogen (secondary N) is 1. The van der Waals surface area contributed by atoms with E-state index in [0.717, 1.165) is 9.13 Å². The van der Waals surface area contributed by atoms with Crippen LogP contribution in [0.25, 0.3) is 0 Å². The maximum atomic E-state index is 12.1. The Hall–Kier alpha value is -2.68. The van der Waals surface area contributed by atoms with E-state index in [1.807, 2.05) is 0 Å². The Morgan fingerprint density at radius 1 is 1.33 bits per heavy atom. The monoisotopic (exact) mass is 308 g/mol. The fraction of sp³-hybridized carbons (Fsp3) is 0.167. The zero-order chi connectivity index (χ0) is 15.7. The lowest BCUT2D eigenvalue weighted by molar-refractivity contribution is 0.0951. The van der Waals surface area contributed by atoms with Gasteiger partial charge in [0.2, 0.25) is 0 Å². The third-order valence-corrected chi connectivity index (χ3v) is 3.22. The number of rotatable bonds is 2. The highest BCUT2D eigenvalue weighted by Crippen LogP contribution is 2.05. The maximum Gasteiger partial charge on any atom is 0.332 e. The van der Waals surface area contributed by atoms with E-state index in [9.17, 15) is 14.4 Å². The average Bonchev–Trinajstić information content (AvgIpc) is 2.97. The van der Waals surface area contributed by atoms with Crippen LogP contribution in [0, 0.1) is 0 Å². The largest absolute Gasteiger partial charge is 0.459 e. The highest BCUT2D eigenvalue weighted by Gasteiger charge is 2.20. The molecule has 1 amide bonds. The lowest BCUT2D eigenvalue weighted by Crippen LogP contribution is -2.44. The number of nitrogens with two attached hydrogens (primary N) is 1. The Morgan fingerprint density at radius 3 is 2.57 bits per heavy atom. The minimum absolute atomic E-state index is 0.0394. The zero-order valence-corrected chi connectivity index (χ0v) is 12.1. The van der Waals surface area contributed by atoms with Crippen LogP contribution in [0.1, 0.15) is 16.1 Å². The summed E-state index contributed by atoms with van der Waals surface area (Å²) >= 11 is 5.03. The minimum Gasteiger partial charge on any atom is -0.459 e. The lowest BCUT2D eigenvalue weighted by Gasteiger charge is -2.12. The minimum atomic E-state index is -0.680. The van der Waals surface area contributed by atoms with Gasteiger partial charge in [-0.1, -0.05) is 12.2 Å². The van der Waals surface area contributed by atoms with E-state index in [-0.39, 0.29) is 22.1 Å². The van der Waals surface area contributed by atoms with Crippen molar-refractivity contribution in [2.45, 2.75) is 0 Å². The van der Waals surface area contributed by atoms with Crippen molar-refractivity contribution in [3.63, 3.8) is 0 Å². The maximum absolute atomic E-state index is 12.1. The van der Waals surface area contributed by atoms with E-state index in [4.69, 9.17) is 22.4 Å². The molecule has 2 aromatic heterocycles.